The molecule has 0 aliphatic carbocycles. The predicted molar refractivity (Wildman–Crippen MR) is 125 cm³/mol. The quantitative estimate of drug-likeness (QED) is 0.468. The Labute approximate surface area is 196 Å². The van der Waals surface area contributed by atoms with Crippen molar-refractivity contribution >= 4 is 35.2 Å². The molecule has 0 aliphatic rings. The third-order valence-electron chi connectivity index (χ3n) is 4.85. The van der Waals surface area contributed by atoms with Crippen LogP contribution in [-0.4, -0.2) is 40.2 Å². The third-order valence-corrected chi connectivity index (χ3v) is 5.22. The maximum absolute atomic E-state index is 12.6. The maximum Gasteiger partial charge on any atom is 0.329 e. The molecule has 8 nitrogen and oxygen atoms in total. The summed E-state index contributed by atoms with van der Waals surface area (Å²) in [5.41, 5.74) is 1.28. The topological polar surface area (TPSA) is 102 Å². The molecule has 0 radical (unpaired) electrons. The van der Waals surface area contributed by atoms with Gasteiger partial charge in [0.15, 0.2) is 6.61 Å². The number of anilines is 1. The van der Waals surface area contributed by atoms with E-state index in [4.69, 9.17) is 16.3 Å². The molecular weight excluding hydrogens is 444 g/mol. The molecular formula is C24H25ClN4O4. The molecule has 2 amide bonds. The van der Waals surface area contributed by atoms with Crippen LogP contribution >= 0.6 is 11.6 Å². The standard InChI is InChI=1S/C24H25ClN4O4/c1-16(2)22(28-23(31)17-8-4-3-5-9-17)24(32)33-15-21(30)27-20-12-13-26-29(20)14-18-10-6-7-11-19(18)25/h3-13,16,22H,14-15H2,1-2H3,(H,27,30)(H,28,31)/t22-/m0/s1. The second-order valence-electron chi connectivity index (χ2n) is 7.68. The summed E-state index contributed by atoms with van der Waals surface area (Å²) in [7, 11) is 0. The van der Waals surface area contributed by atoms with Crippen LogP contribution in [0.2, 0.25) is 5.02 Å². The van der Waals surface area contributed by atoms with E-state index >= 15 is 0 Å². The number of halogens is 1. The monoisotopic (exact) mass is 468 g/mol. The van der Waals surface area contributed by atoms with Crippen LogP contribution in [0.3, 0.4) is 0 Å². The molecule has 0 fully saturated rings. The first-order valence-corrected chi connectivity index (χ1v) is 10.8. The van der Waals surface area contributed by atoms with Crippen LogP contribution in [-0.2, 0) is 20.9 Å². The minimum Gasteiger partial charge on any atom is -0.454 e. The first kappa shape index (κ1) is 24.0. The van der Waals surface area contributed by atoms with E-state index in [1.54, 1.807) is 67.2 Å². The van der Waals surface area contributed by atoms with Crippen LogP contribution in [0.4, 0.5) is 5.82 Å². The highest BCUT2D eigenvalue weighted by Gasteiger charge is 2.27. The Hall–Kier alpha value is -3.65. The summed E-state index contributed by atoms with van der Waals surface area (Å²) in [5.74, 6) is -1.40. The number of benzene rings is 2. The van der Waals surface area contributed by atoms with E-state index in [9.17, 15) is 14.4 Å². The van der Waals surface area contributed by atoms with Gasteiger partial charge in [-0.3, -0.25) is 9.59 Å². The number of hydrogen-bond donors (Lipinski definition) is 2. The number of amides is 2. The fourth-order valence-corrected chi connectivity index (χ4v) is 3.27. The molecule has 3 aromatic rings. The van der Waals surface area contributed by atoms with Crippen LogP contribution in [0.1, 0.15) is 29.8 Å². The first-order chi connectivity index (χ1) is 15.8. The fraction of sp³-hybridized carbons (Fsp3) is 0.250. The molecule has 0 bridgehead atoms. The van der Waals surface area contributed by atoms with Crippen molar-refractivity contribution in [2.75, 3.05) is 11.9 Å². The summed E-state index contributed by atoms with van der Waals surface area (Å²) in [6.45, 7) is 3.43. The molecule has 33 heavy (non-hydrogen) atoms. The zero-order valence-corrected chi connectivity index (χ0v) is 19.1. The van der Waals surface area contributed by atoms with Gasteiger partial charge in [-0.25, -0.2) is 9.48 Å². The van der Waals surface area contributed by atoms with Gasteiger partial charge >= 0.3 is 5.97 Å². The summed E-state index contributed by atoms with van der Waals surface area (Å²) in [5, 5.41) is 10.1. The normalized spacial score (nSPS) is 11.6. The summed E-state index contributed by atoms with van der Waals surface area (Å²) in [6, 6.07) is 16.6. The minimum absolute atomic E-state index is 0.231. The average molecular weight is 469 g/mol. The molecule has 9 heteroatoms. The molecule has 2 aromatic carbocycles. The Morgan fingerprint density at radius 1 is 1.03 bits per heavy atom. The molecule has 2 N–H and O–H groups in total. The summed E-state index contributed by atoms with van der Waals surface area (Å²) < 4.78 is 6.75. The van der Waals surface area contributed by atoms with E-state index in [2.05, 4.69) is 15.7 Å². The van der Waals surface area contributed by atoms with Crippen LogP contribution in [0, 0.1) is 5.92 Å². The highest BCUT2D eigenvalue weighted by Crippen LogP contribution is 2.18. The lowest BCUT2D eigenvalue weighted by Gasteiger charge is -2.20. The Morgan fingerprint density at radius 2 is 1.73 bits per heavy atom. The van der Waals surface area contributed by atoms with Crippen molar-refractivity contribution in [1.29, 1.82) is 0 Å². The van der Waals surface area contributed by atoms with E-state index in [0.29, 0.717) is 22.9 Å². The summed E-state index contributed by atoms with van der Waals surface area (Å²) >= 11 is 6.20. The minimum atomic E-state index is -0.892. The number of nitrogens with one attached hydrogen (secondary N) is 2. The zero-order valence-electron chi connectivity index (χ0n) is 18.3. The van der Waals surface area contributed by atoms with Crippen molar-refractivity contribution < 1.29 is 19.1 Å². The second-order valence-corrected chi connectivity index (χ2v) is 8.09. The van der Waals surface area contributed by atoms with Crippen LogP contribution in [0.15, 0.2) is 66.9 Å². The number of carbonyl (C=O) groups is 3. The number of aromatic nitrogens is 2. The van der Waals surface area contributed by atoms with Crippen molar-refractivity contribution in [3.05, 3.63) is 83.0 Å². The number of hydrogen-bond acceptors (Lipinski definition) is 5. The molecule has 0 saturated carbocycles. The van der Waals surface area contributed by atoms with E-state index in [1.807, 2.05) is 18.2 Å². The van der Waals surface area contributed by atoms with Crippen molar-refractivity contribution in [3.63, 3.8) is 0 Å². The van der Waals surface area contributed by atoms with Crippen LogP contribution < -0.4 is 10.6 Å². The number of rotatable bonds is 9. The second kappa shape index (κ2) is 11.3. The van der Waals surface area contributed by atoms with E-state index in [0.717, 1.165) is 5.56 Å². The SMILES string of the molecule is CC(C)[C@H](NC(=O)c1ccccc1)C(=O)OCC(=O)Nc1ccnn1Cc1ccccc1Cl. The van der Waals surface area contributed by atoms with Crippen LogP contribution in [0.5, 0.6) is 0 Å². The Bertz CT molecular complexity index is 1110. The summed E-state index contributed by atoms with van der Waals surface area (Å²) in [6.07, 6.45) is 1.55. The smallest absolute Gasteiger partial charge is 0.329 e. The highest BCUT2D eigenvalue weighted by molar-refractivity contribution is 6.31. The lowest BCUT2D eigenvalue weighted by molar-refractivity contribution is -0.150. The Balaban J connectivity index is 1.55. The van der Waals surface area contributed by atoms with Crippen molar-refractivity contribution in [2.45, 2.75) is 26.4 Å². The van der Waals surface area contributed by atoms with E-state index in [1.165, 1.54) is 0 Å². The molecule has 172 valence electrons. The van der Waals surface area contributed by atoms with Gasteiger partial charge in [-0.2, -0.15) is 5.10 Å². The highest BCUT2D eigenvalue weighted by atomic mass is 35.5. The van der Waals surface area contributed by atoms with Gasteiger partial charge in [0, 0.05) is 16.7 Å². The predicted octanol–water partition coefficient (Wildman–Crippen LogP) is 3.52. The zero-order chi connectivity index (χ0) is 23.8. The van der Waals surface area contributed by atoms with Crippen molar-refractivity contribution in [2.24, 2.45) is 5.92 Å². The first-order valence-electron chi connectivity index (χ1n) is 10.4. The van der Waals surface area contributed by atoms with Gasteiger partial charge in [-0.05, 0) is 29.7 Å². The molecule has 1 heterocycles. The fourth-order valence-electron chi connectivity index (χ4n) is 3.07. The van der Waals surface area contributed by atoms with Crippen molar-refractivity contribution in [3.8, 4) is 0 Å². The van der Waals surface area contributed by atoms with Gasteiger partial charge in [0.05, 0.1) is 12.7 Å². The molecule has 0 saturated heterocycles. The Kier molecular flexibility index (Phi) is 8.21. The average Bonchev–Trinajstić information content (AvgIpc) is 3.24. The number of carbonyl (C=O) groups excluding carboxylic acids is 3. The van der Waals surface area contributed by atoms with Gasteiger partial charge in [0.25, 0.3) is 11.8 Å². The molecule has 1 atom stereocenters. The number of ether oxygens (including phenoxy) is 1. The molecule has 0 unspecified atom stereocenters. The molecule has 0 spiro atoms. The molecule has 0 aliphatic heterocycles. The number of nitrogens with zero attached hydrogens (tertiary/aromatic N) is 2. The molecule has 1 aromatic heterocycles. The largest absolute Gasteiger partial charge is 0.454 e. The van der Waals surface area contributed by atoms with E-state index < -0.39 is 24.5 Å². The van der Waals surface area contributed by atoms with Gasteiger partial charge in [0.1, 0.15) is 11.9 Å². The summed E-state index contributed by atoms with van der Waals surface area (Å²) in [4.78, 5) is 37.3. The van der Waals surface area contributed by atoms with E-state index in [-0.39, 0.29) is 11.8 Å². The maximum atomic E-state index is 12.6. The van der Waals surface area contributed by atoms with Crippen LogP contribution in [0.25, 0.3) is 0 Å². The third kappa shape index (κ3) is 6.66. The van der Waals surface area contributed by atoms with Crippen molar-refractivity contribution in [1.82, 2.24) is 15.1 Å². The van der Waals surface area contributed by atoms with Gasteiger partial charge in [-0.1, -0.05) is 61.8 Å². The molecule has 3 rings (SSSR count). The number of esters is 1. The van der Waals surface area contributed by atoms with Gasteiger partial charge in [-0.15, -0.1) is 0 Å². The lowest BCUT2D eigenvalue weighted by atomic mass is 10.0. The van der Waals surface area contributed by atoms with Gasteiger partial charge in [0.2, 0.25) is 0 Å². The lowest BCUT2D eigenvalue weighted by Crippen LogP contribution is -2.45. The van der Waals surface area contributed by atoms with Gasteiger partial charge < -0.3 is 15.4 Å². The Morgan fingerprint density at radius 3 is 2.42 bits per heavy atom.